The Morgan fingerprint density at radius 3 is 2.85 bits per heavy atom. The summed E-state index contributed by atoms with van der Waals surface area (Å²) in [6, 6.07) is 7.76. The molecule has 1 aromatic heterocycles. The minimum Gasteiger partial charge on any atom is -0.490 e. The quantitative estimate of drug-likeness (QED) is 0.899. The van der Waals surface area contributed by atoms with Crippen molar-refractivity contribution in [1.29, 1.82) is 0 Å². The number of nitrogens with zero attached hydrogens (tertiary/aromatic N) is 3. The summed E-state index contributed by atoms with van der Waals surface area (Å²) in [4.78, 5) is 26.8. The van der Waals surface area contributed by atoms with Crippen molar-refractivity contribution in [3.8, 4) is 5.75 Å². The third kappa shape index (κ3) is 3.97. The number of aromatic nitrogens is 2. The molecule has 7 heteroatoms. The lowest BCUT2D eigenvalue weighted by Gasteiger charge is -2.29. The van der Waals surface area contributed by atoms with Crippen LogP contribution >= 0.6 is 0 Å². The van der Waals surface area contributed by atoms with Crippen molar-refractivity contribution in [2.45, 2.75) is 44.7 Å². The van der Waals surface area contributed by atoms with Gasteiger partial charge in [0.05, 0.1) is 24.0 Å². The normalized spacial score (nSPS) is 17.1. The fraction of sp³-hybridized carbons (Fsp3) is 0.450. The average molecular weight is 368 g/mol. The van der Waals surface area contributed by atoms with E-state index in [1.54, 1.807) is 11.1 Å². The lowest BCUT2D eigenvalue weighted by Crippen LogP contribution is -2.38. The van der Waals surface area contributed by atoms with Crippen LogP contribution in [0.25, 0.3) is 0 Å². The predicted molar refractivity (Wildman–Crippen MR) is 101 cm³/mol. The van der Waals surface area contributed by atoms with E-state index in [1.165, 1.54) is 30.1 Å². The van der Waals surface area contributed by atoms with Crippen molar-refractivity contribution in [3.63, 3.8) is 0 Å². The number of fused-ring (bicyclic) bond motifs is 1. The van der Waals surface area contributed by atoms with Crippen molar-refractivity contribution in [1.82, 2.24) is 15.1 Å². The molecule has 2 amide bonds. The first-order chi connectivity index (χ1) is 13.2. The topological polar surface area (TPSA) is 76.5 Å². The summed E-state index contributed by atoms with van der Waals surface area (Å²) in [5, 5.41) is 7.27. The molecule has 0 atom stereocenters. The number of benzene rings is 1. The molecule has 7 nitrogen and oxygen atoms in total. The maximum absolute atomic E-state index is 12.9. The molecular formula is C20H24N4O3. The highest BCUT2D eigenvalue weighted by atomic mass is 16.5. The Morgan fingerprint density at radius 2 is 2.00 bits per heavy atom. The van der Waals surface area contributed by atoms with Crippen molar-refractivity contribution in [3.05, 3.63) is 42.2 Å². The molecule has 2 aliphatic rings. The van der Waals surface area contributed by atoms with Crippen molar-refractivity contribution in [2.24, 2.45) is 0 Å². The summed E-state index contributed by atoms with van der Waals surface area (Å²) in [6.07, 6.45) is 8.85. The van der Waals surface area contributed by atoms with Gasteiger partial charge in [-0.15, -0.1) is 0 Å². The maximum Gasteiger partial charge on any atom is 0.261 e. The highest BCUT2D eigenvalue weighted by Gasteiger charge is 2.25. The Bertz CT molecular complexity index is 826. The molecule has 1 aliphatic carbocycles. The number of hydrogen-bond donors (Lipinski definition) is 1. The van der Waals surface area contributed by atoms with Crippen LogP contribution in [0.2, 0.25) is 0 Å². The molecule has 2 aromatic rings. The molecule has 0 bridgehead atoms. The fourth-order valence-corrected chi connectivity index (χ4v) is 3.76. The fourth-order valence-electron chi connectivity index (χ4n) is 3.76. The standard InChI is InChI=1S/C20H24N4O3/c25-19(22-16-6-2-1-3-7-16)14-23-13-15(12-21-23)20(26)24-10-11-27-18-9-5-4-8-17(18)24/h4-5,8-9,12-13,16H,1-3,6-7,10-11,14H2,(H,22,25). The third-order valence-corrected chi connectivity index (χ3v) is 5.13. The van der Waals surface area contributed by atoms with Gasteiger partial charge in [-0.2, -0.15) is 5.10 Å². The Morgan fingerprint density at radius 1 is 1.19 bits per heavy atom. The number of nitrogens with one attached hydrogen (secondary N) is 1. The molecule has 1 fully saturated rings. The van der Waals surface area contributed by atoms with Crippen LogP contribution in [0.1, 0.15) is 42.5 Å². The molecule has 1 N–H and O–H groups in total. The van der Waals surface area contributed by atoms with Gasteiger partial charge in [0.1, 0.15) is 18.9 Å². The van der Waals surface area contributed by atoms with Crippen LogP contribution in [0.4, 0.5) is 5.69 Å². The highest BCUT2D eigenvalue weighted by molar-refractivity contribution is 6.06. The van der Waals surface area contributed by atoms with Crippen LogP contribution in [-0.2, 0) is 11.3 Å². The van der Waals surface area contributed by atoms with Gasteiger partial charge in [0.25, 0.3) is 5.91 Å². The van der Waals surface area contributed by atoms with Gasteiger partial charge in [-0.1, -0.05) is 31.4 Å². The second-order valence-electron chi connectivity index (χ2n) is 7.10. The number of anilines is 1. The summed E-state index contributed by atoms with van der Waals surface area (Å²) in [7, 11) is 0. The molecule has 0 unspecified atom stereocenters. The molecule has 0 spiro atoms. The molecule has 1 saturated carbocycles. The van der Waals surface area contributed by atoms with Gasteiger partial charge in [0.15, 0.2) is 0 Å². The minimum atomic E-state index is -0.135. The Hall–Kier alpha value is -2.83. The summed E-state index contributed by atoms with van der Waals surface area (Å²) in [5.74, 6) is 0.516. The summed E-state index contributed by atoms with van der Waals surface area (Å²) >= 11 is 0. The van der Waals surface area contributed by atoms with E-state index in [2.05, 4.69) is 10.4 Å². The zero-order valence-corrected chi connectivity index (χ0v) is 15.3. The van der Waals surface area contributed by atoms with E-state index in [0.717, 1.165) is 18.5 Å². The number of carbonyl (C=O) groups is 2. The van der Waals surface area contributed by atoms with Crippen molar-refractivity contribution in [2.75, 3.05) is 18.1 Å². The van der Waals surface area contributed by atoms with E-state index in [4.69, 9.17) is 4.74 Å². The molecular weight excluding hydrogens is 344 g/mol. The highest BCUT2D eigenvalue weighted by Crippen LogP contribution is 2.31. The van der Waals surface area contributed by atoms with Gasteiger partial charge in [-0.3, -0.25) is 14.3 Å². The van der Waals surface area contributed by atoms with E-state index >= 15 is 0 Å². The van der Waals surface area contributed by atoms with E-state index in [-0.39, 0.29) is 24.4 Å². The van der Waals surface area contributed by atoms with Crippen LogP contribution in [0.5, 0.6) is 5.75 Å². The second kappa shape index (κ2) is 7.82. The number of amides is 2. The number of para-hydroxylation sites is 2. The molecule has 142 valence electrons. The van der Waals surface area contributed by atoms with Crippen LogP contribution < -0.4 is 15.0 Å². The van der Waals surface area contributed by atoms with Gasteiger partial charge in [0.2, 0.25) is 5.91 Å². The van der Waals surface area contributed by atoms with Crippen LogP contribution in [0, 0.1) is 0 Å². The number of ether oxygens (including phenoxy) is 1. The predicted octanol–water partition coefficient (Wildman–Crippen LogP) is 2.37. The van der Waals surface area contributed by atoms with Crippen molar-refractivity contribution >= 4 is 17.5 Å². The third-order valence-electron chi connectivity index (χ3n) is 5.13. The first-order valence-electron chi connectivity index (χ1n) is 9.56. The molecule has 0 radical (unpaired) electrons. The van der Waals surface area contributed by atoms with Gasteiger partial charge in [0, 0.05) is 12.2 Å². The number of hydrogen-bond acceptors (Lipinski definition) is 4. The second-order valence-corrected chi connectivity index (χ2v) is 7.10. The van der Waals surface area contributed by atoms with E-state index in [9.17, 15) is 9.59 Å². The lowest BCUT2D eigenvalue weighted by molar-refractivity contribution is -0.122. The Kier molecular flexibility index (Phi) is 5.09. The Balaban J connectivity index is 1.40. The molecule has 2 heterocycles. The number of rotatable bonds is 4. The zero-order valence-electron chi connectivity index (χ0n) is 15.3. The zero-order chi connectivity index (χ0) is 18.6. The van der Waals surface area contributed by atoms with Gasteiger partial charge in [-0.05, 0) is 25.0 Å². The molecule has 0 saturated heterocycles. The monoisotopic (exact) mass is 368 g/mol. The van der Waals surface area contributed by atoms with Crippen molar-refractivity contribution < 1.29 is 14.3 Å². The van der Waals surface area contributed by atoms with E-state index in [0.29, 0.717) is 24.5 Å². The summed E-state index contributed by atoms with van der Waals surface area (Å²) in [5.41, 5.74) is 1.23. The first-order valence-corrected chi connectivity index (χ1v) is 9.56. The molecule has 27 heavy (non-hydrogen) atoms. The smallest absolute Gasteiger partial charge is 0.261 e. The first kappa shape index (κ1) is 17.6. The maximum atomic E-state index is 12.9. The molecule has 1 aliphatic heterocycles. The van der Waals surface area contributed by atoms with Gasteiger partial charge < -0.3 is 15.0 Å². The largest absolute Gasteiger partial charge is 0.490 e. The summed E-state index contributed by atoms with van der Waals surface area (Å²) in [6.45, 7) is 1.08. The van der Waals surface area contributed by atoms with Crippen LogP contribution in [-0.4, -0.2) is 40.8 Å². The lowest BCUT2D eigenvalue weighted by atomic mass is 9.95. The molecule has 4 rings (SSSR count). The van der Waals surface area contributed by atoms with Gasteiger partial charge >= 0.3 is 0 Å². The van der Waals surface area contributed by atoms with E-state index < -0.39 is 0 Å². The minimum absolute atomic E-state index is 0.0549. The Labute approximate surface area is 158 Å². The molecule has 1 aromatic carbocycles. The van der Waals surface area contributed by atoms with E-state index in [1.807, 2.05) is 24.3 Å². The van der Waals surface area contributed by atoms with Gasteiger partial charge in [-0.25, -0.2) is 0 Å². The number of carbonyl (C=O) groups excluding carboxylic acids is 2. The SMILES string of the molecule is O=C(Cn1cc(C(=O)N2CCOc3ccccc32)cn1)NC1CCCCC1. The average Bonchev–Trinajstić information content (AvgIpc) is 3.16. The summed E-state index contributed by atoms with van der Waals surface area (Å²) < 4.78 is 7.13. The van der Waals surface area contributed by atoms with Crippen LogP contribution in [0.3, 0.4) is 0 Å². The van der Waals surface area contributed by atoms with Crippen LogP contribution in [0.15, 0.2) is 36.7 Å².